The molecule has 0 fully saturated rings. The zero-order chi connectivity index (χ0) is 15.7. The highest BCUT2D eigenvalue weighted by Gasteiger charge is 2.18. The number of aromatic nitrogens is 2. The van der Waals surface area contributed by atoms with E-state index in [0.717, 1.165) is 6.07 Å². The van der Waals surface area contributed by atoms with Crippen LogP contribution in [-0.4, -0.2) is 26.4 Å². The van der Waals surface area contributed by atoms with Gasteiger partial charge in [0.25, 0.3) is 10.0 Å². The SMILES string of the molecule is CCn1cnc(S(=O)(=O)Nc2cccc(S(N)(=O)=O)c2)c1. The van der Waals surface area contributed by atoms with E-state index in [0.29, 0.717) is 6.54 Å². The largest absolute Gasteiger partial charge is 0.336 e. The van der Waals surface area contributed by atoms with Crippen molar-refractivity contribution in [3.8, 4) is 0 Å². The summed E-state index contributed by atoms with van der Waals surface area (Å²) in [4.78, 5) is 3.62. The van der Waals surface area contributed by atoms with E-state index in [1.165, 1.54) is 30.7 Å². The lowest BCUT2D eigenvalue weighted by molar-refractivity contribution is 0.595. The Morgan fingerprint density at radius 3 is 2.57 bits per heavy atom. The molecule has 1 aromatic heterocycles. The molecule has 1 aromatic carbocycles. The van der Waals surface area contributed by atoms with Crippen LogP contribution in [0.15, 0.2) is 46.7 Å². The van der Waals surface area contributed by atoms with Crippen molar-refractivity contribution in [3.63, 3.8) is 0 Å². The van der Waals surface area contributed by atoms with Gasteiger partial charge >= 0.3 is 0 Å². The minimum Gasteiger partial charge on any atom is -0.336 e. The predicted molar refractivity (Wildman–Crippen MR) is 76.5 cm³/mol. The van der Waals surface area contributed by atoms with Gasteiger partial charge < -0.3 is 4.57 Å². The number of rotatable bonds is 5. The number of nitrogens with zero attached hydrogens (tertiary/aromatic N) is 2. The van der Waals surface area contributed by atoms with Crippen molar-refractivity contribution in [1.29, 1.82) is 0 Å². The first-order valence-corrected chi connectivity index (χ1v) is 8.93. The van der Waals surface area contributed by atoms with Crippen LogP contribution >= 0.6 is 0 Å². The number of hydrogen-bond donors (Lipinski definition) is 2. The summed E-state index contributed by atoms with van der Waals surface area (Å²) in [6.07, 6.45) is 2.78. The van der Waals surface area contributed by atoms with Gasteiger partial charge in [0.05, 0.1) is 16.9 Å². The Bertz CT molecular complexity index is 856. The van der Waals surface area contributed by atoms with Gasteiger partial charge in [-0.3, -0.25) is 4.72 Å². The molecule has 0 radical (unpaired) electrons. The van der Waals surface area contributed by atoms with E-state index >= 15 is 0 Å². The molecule has 2 rings (SSSR count). The summed E-state index contributed by atoms with van der Waals surface area (Å²) < 4.78 is 50.6. The van der Waals surface area contributed by atoms with Crippen molar-refractivity contribution in [2.45, 2.75) is 23.4 Å². The number of aryl methyl sites for hydroxylation is 1. The zero-order valence-corrected chi connectivity index (χ0v) is 12.7. The molecule has 2 aromatic rings. The topological polar surface area (TPSA) is 124 Å². The molecule has 0 amide bonds. The highest BCUT2D eigenvalue weighted by molar-refractivity contribution is 7.92. The van der Waals surface area contributed by atoms with Gasteiger partial charge in [0.15, 0.2) is 5.03 Å². The van der Waals surface area contributed by atoms with Crippen molar-refractivity contribution in [2.75, 3.05) is 4.72 Å². The molecule has 0 saturated carbocycles. The van der Waals surface area contributed by atoms with Crippen LogP contribution in [-0.2, 0) is 26.6 Å². The number of nitrogens with one attached hydrogen (secondary N) is 1. The Balaban J connectivity index is 2.33. The van der Waals surface area contributed by atoms with Gasteiger partial charge in [0.1, 0.15) is 0 Å². The molecular formula is C11H14N4O4S2. The summed E-state index contributed by atoms with van der Waals surface area (Å²) in [7, 11) is -7.78. The fraction of sp³-hybridized carbons (Fsp3) is 0.182. The number of nitrogens with two attached hydrogens (primary N) is 1. The number of anilines is 1. The van der Waals surface area contributed by atoms with E-state index in [1.807, 2.05) is 6.92 Å². The Morgan fingerprint density at radius 1 is 1.29 bits per heavy atom. The number of primary sulfonamides is 1. The van der Waals surface area contributed by atoms with Crippen LogP contribution in [0.2, 0.25) is 0 Å². The lowest BCUT2D eigenvalue weighted by Gasteiger charge is -2.07. The van der Waals surface area contributed by atoms with Crippen LogP contribution in [0.3, 0.4) is 0 Å². The Labute approximate surface area is 122 Å². The molecule has 8 nitrogen and oxygen atoms in total. The lowest BCUT2D eigenvalue weighted by atomic mass is 10.3. The zero-order valence-electron chi connectivity index (χ0n) is 11.1. The average molecular weight is 330 g/mol. The van der Waals surface area contributed by atoms with Crippen LogP contribution in [0, 0.1) is 0 Å². The molecule has 0 unspecified atom stereocenters. The van der Waals surface area contributed by atoms with Gasteiger partial charge in [-0.2, -0.15) is 8.42 Å². The maximum atomic E-state index is 12.1. The summed E-state index contributed by atoms with van der Waals surface area (Å²) in [5, 5.41) is 4.85. The van der Waals surface area contributed by atoms with Crippen LogP contribution in [0.4, 0.5) is 5.69 Å². The summed E-state index contributed by atoms with van der Waals surface area (Å²) >= 11 is 0. The van der Waals surface area contributed by atoms with Crippen molar-refractivity contribution in [2.24, 2.45) is 5.14 Å². The molecule has 0 aliphatic heterocycles. The summed E-state index contributed by atoms with van der Waals surface area (Å²) in [5.74, 6) is 0. The van der Waals surface area contributed by atoms with Crippen molar-refractivity contribution in [1.82, 2.24) is 9.55 Å². The third-order valence-corrected chi connectivity index (χ3v) is 4.84. The minimum atomic E-state index is -3.90. The average Bonchev–Trinajstić information content (AvgIpc) is 2.87. The standard InChI is InChI=1S/C11H14N4O4S2/c1-2-15-7-11(13-8-15)21(18,19)14-9-4-3-5-10(6-9)20(12,16)17/h3-8,14H,2H2,1H3,(H2,12,16,17). The molecule has 3 N–H and O–H groups in total. The highest BCUT2D eigenvalue weighted by Crippen LogP contribution is 2.18. The quantitative estimate of drug-likeness (QED) is 0.818. The third-order valence-electron chi connectivity index (χ3n) is 2.66. The van der Waals surface area contributed by atoms with Gasteiger partial charge in [0, 0.05) is 12.7 Å². The molecular weight excluding hydrogens is 316 g/mol. The first-order valence-electron chi connectivity index (χ1n) is 5.90. The van der Waals surface area contributed by atoms with Crippen LogP contribution < -0.4 is 9.86 Å². The van der Waals surface area contributed by atoms with Crippen molar-refractivity contribution >= 4 is 25.7 Å². The lowest BCUT2D eigenvalue weighted by Crippen LogP contribution is -2.15. The molecule has 0 aliphatic rings. The summed E-state index contributed by atoms with van der Waals surface area (Å²) in [6.45, 7) is 2.44. The Kier molecular flexibility index (Phi) is 4.03. The van der Waals surface area contributed by atoms with E-state index < -0.39 is 20.0 Å². The molecule has 1 heterocycles. The summed E-state index contributed by atoms with van der Waals surface area (Å²) in [5.41, 5.74) is 0.0903. The second-order valence-corrected chi connectivity index (χ2v) is 7.41. The minimum absolute atomic E-state index is 0.0903. The smallest absolute Gasteiger partial charge is 0.280 e. The van der Waals surface area contributed by atoms with Crippen LogP contribution in [0.5, 0.6) is 0 Å². The fourth-order valence-corrected chi connectivity index (χ4v) is 3.16. The maximum absolute atomic E-state index is 12.1. The molecule has 10 heteroatoms. The molecule has 114 valence electrons. The maximum Gasteiger partial charge on any atom is 0.280 e. The second-order valence-electron chi connectivity index (χ2n) is 4.22. The van der Waals surface area contributed by atoms with E-state index in [4.69, 9.17) is 5.14 Å². The third kappa shape index (κ3) is 3.60. The first kappa shape index (κ1) is 15.5. The van der Waals surface area contributed by atoms with E-state index in [2.05, 4.69) is 9.71 Å². The monoisotopic (exact) mass is 330 g/mol. The number of sulfonamides is 2. The molecule has 0 bridgehead atoms. The van der Waals surface area contributed by atoms with Gasteiger partial charge in [-0.05, 0) is 25.1 Å². The number of hydrogen-bond acceptors (Lipinski definition) is 5. The van der Waals surface area contributed by atoms with Gasteiger partial charge in [-0.15, -0.1) is 0 Å². The van der Waals surface area contributed by atoms with Gasteiger partial charge in [-0.25, -0.2) is 18.5 Å². The van der Waals surface area contributed by atoms with Crippen molar-refractivity contribution in [3.05, 3.63) is 36.8 Å². The number of imidazole rings is 1. The molecule has 0 saturated heterocycles. The highest BCUT2D eigenvalue weighted by atomic mass is 32.2. The fourth-order valence-electron chi connectivity index (χ4n) is 1.60. The van der Waals surface area contributed by atoms with E-state index in [-0.39, 0.29) is 15.6 Å². The second kappa shape index (κ2) is 5.47. The molecule has 0 atom stereocenters. The predicted octanol–water partition coefficient (Wildman–Crippen LogP) is 0.351. The molecule has 0 spiro atoms. The van der Waals surface area contributed by atoms with E-state index in [1.54, 1.807) is 4.57 Å². The molecule has 21 heavy (non-hydrogen) atoms. The first-order chi connectivity index (χ1) is 9.72. The van der Waals surface area contributed by atoms with Gasteiger partial charge in [-0.1, -0.05) is 6.07 Å². The molecule has 0 aliphatic carbocycles. The van der Waals surface area contributed by atoms with Crippen molar-refractivity contribution < 1.29 is 16.8 Å². The summed E-state index contributed by atoms with van der Waals surface area (Å²) in [6, 6.07) is 5.23. The Hall–Kier alpha value is -1.91. The Morgan fingerprint density at radius 2 is 2.00 bits per heavy atom. The van der Waals surface area contributed by atoms with Crippen LogP contribution in [0.1, 0.15) is 6.92 Å². The van der Waals surface area contributed by atoms with E-state index in [9.17, 15) is 16.8 Å². The normalized spacial score (nSPS) is 12.3. The van der Waals surface area contributed by atoms with Gasteiger partial charge in [0.2, 0.25) is 10.0 Å². The van der Waals surface area contributed by atoms with Crippen LogP contribution in [0.25, 0.3) is 0 Å². The number of benzene rings is 1.